The van der Waals surface area contributed by atoms with Crippen LogP contribution < -0.4 is 11.5 Å². The van der Waals surface area contributed by atoms with E-state index >= 15 is 0 Å². The number of nitrogens with two attached hydrogens (primary N) is 2. The molecule has 0 bridgehead atoms. The summed E-state index contributed by atoms with van der Waals surface area (Å²) in [6.07, 6.45) is -0.259. The second-order valence-electron chi connectivity index (χ2n) is 2.13. The molecule has 0 saturated heterocycles. The van der Waals surface area contributed by atoms with Gasteiger partial charge in [-0.1, -0.05) is 0 Å². The average Bonchev–Trinajstić information content (AvgIpc) is 1.87. The summed E-state index contributed by atoms with van der Waals surface area (Å²) in [7, 11) is 0. The highest BCUT2D eigenvalue weighted by molar-refractivity contribution is 5.77. The molecule has 0 aliphatic rings. The zero-order valence-corrected chi connectivity index (χ0v) is 5.73. The van der Waals surface area contributed by atoms with Crippen LogP contribution in [0.4, 0.5) is 0 Å². The minimum Gasteiger partial charge on any atom is -0.480 e. The molecule has 0 spiro atoms. The second kappa shape index (κ2) is 3.89. The Labute approximate surface area is 62.8 Å². The van der Waals surface area contributed by atoms with E-state index in [1.807, 2.05) is 0 Å². The third-order valence-electron chi connectivity index (χ3n) is 1.14. The molecule has 11 heavy (non-hydrogen) atoms. The summed E-state index contributed by atoms with van der Waals surface area (Å²) < 4.78 is 0. The molecule has 0 amide bonds. The quantitative estimate of drug-likeness (QED) is 0.386. The molecule has 0 aromatic carbocycles. The summed E-state index contributed by atoms with van der Waals surface area (Å²) in [6.45, 7) is 0. The van der Waals surface area contributed by atoms with Crippen LogP contribution in [0.5, 0.6) is 0 Å². The van der Waals surface area contributed by atoms with Crippen molar-refractivity contribution in [3.05, 3.63) is 0 Å². The Balaban J connectivity index is 3.84. The minimum absolute atomic E-state index is 0.259. The maximum absolute atomic E-state index is 10.1. The summed E-state index contributed by atoms with van der Waals surface area (Å²) in [4.78, 5) is 20.2. The van der Waals surface area contributed by atoms with Gasteiger partial charge in [0.2, 0.25) is 0 Å². The molecular weight excluding hydrogens is 152 g/mol. The Morgan fingerprint density at radius 2 is 1.36 bits per heavy atom. The van der Waals surface area contributed by atoms with Crippen LogP contribution in [-0.4, -0.2) is 34.2 Å². The molecule has 64 valence electrons. The molecule has 0 aliphatic carbocycles. The summed E-state index contributed by atoms with van der Waals surface area (Å²) in [5.41, 5.74) is 10.0. The van der Waals surface area contributed by atoms with Gasteiger partial charge >= 0.3 is 11.9 Å². The smallest absolute Gasteiger partial charge is 0.320 e. The van der Waals surface area contributed by atoms with Crippen molar-refractivity contribution in [2.24, 2.45) is 11.5 Å². The van der Waals surface area contributed by atoms with E-state index < -0.39 is 24.0 Å². The summed E-state index contributed by atoms with van der Waals surface area (Å²) in [5.74, 6) is -2.50. The van der Waals surface area contributed by atoms with Gasteiger partial charge in [0.25, 0.3) is 0 Å². The van der Waals surface area contributed by atoms with E-state index in [1.165, 1.54) is 0 Å². The van der Waals surface area contributed by atoms with Crippen molar-refractivity contribution in [2.75, 3.05) is 0 Å². The summed E-state index contributed by atoms with van der Waals surface area (Å²) in [5, 5.41) is 16.5. The molecule has 0 saturated carbocycles. The molecule has 0 aliphatic heterocycles. The van der Waals surface area contributed by atoms with Gasteiger partial charge < -0.3 is 21.7 Å². The Morgan fingerprint density at radius 1 is 1.09 bits per heavy atom. The Kier molecular flexibility index (Phi) is 3.49. The predicted octanol–water partition coefficient (Wildman–Crippen LogP) is -1.80. The third-order valence-corrected chi connectivity index (χ3v) is 1.14. The lowest BCUT2D eigenvalue weighted by Crippen LogP contribution is -2.41. The molecule has 0 heterocycles. The van der Waals surface area contributed by atoms with Gasteiger partial charge in [-0.2, -0.15) is 0 Å². The van der Waals surface area contributed by atoms with Crippen molar-refractivity contribution < 1.29 is 19.8 Å². The van der Waals surface area contributed by atoms with Crippen LogP contribution in [-0.2, 0) is 9.59 Å². The van der Waals surface area contributed by atoms with Gasteiger partial charge in [-0.05, 0) is 6.42 Å². The fourth-order valence-electron chi connectivity index (χ4n) is 0.475. The summed E-state index contributed by atoms with van der Waals surface area (Å²) >= 11 is 0. The normalized spacial score (nSPS) is 15.5. The van der Waals surface area contributed by atoms with E-state index in [1.54, 1.807) is 0 Å². The maximum atomic E-state index is 10.1. The van der Waals surface area contributed by atoms with Crippen LogP contribution >= 0.6 is 0 Å². The van der Waals surface area contributed by atoms with Crippen molar-refractivity contribution in [3.8, 4) is 0 Å². The highest BCUT2D eigenvalue weighted by Gasteiger charge is 2.20. The molecule has 0 rings (SSSR count). The monoisotopic (exact) mass is 162 g/mol. The average molecular weight is 162 g/mol. The number of carbonyl (C=O) groups is 2. The molecule has 6 nitrogen and oxygen atoms in total. The predicted molar refractivity (Wildman–Crippen MR) is 35.8 cm³/mol. The van der Waals surface area contributed by atoms with E-state index in [9.17, 15) is 9.59 Å². The number of carboxylic acids is 2. The van der Waals surface area contributed by atoms with Gasteiger partial charge in [-0.25, -0.2) is 0 Å². The van der Waals surface area contributed by atoms with Crippen molar-refractivity contribution >= 4 is 11.9 Å². The SMILES string of the molecule is N[C@@H](C[C@H](N)C(=O)O)C(=O)O. The van der Waals surface area contributed by atoms with Gasteiger partial charge in [0.1, 0.15) is 12.1 Å². The molecule has 0 aromatic heterocycles. The minimum atomic E-state index is -1.25. The van der Waals surface area contributed by atoms with E-state index in [0.29, 0.717) is 0 Å². The molecule has 6 heteroatoms. The summed E-state index contributed by atoms with van der Waals surface area (Å²) in [6, 6.07) is -2.41. The van der Waals surface area contributed by atoms with E-state index in [2.05, 4.69) is 0 Å². The Bertz CT molecular complexity index is 152. The molecule has 6 N–H and O–H groups in total. The van der Waals surface area contributed by atoms with E-state index in [-0.39, 0.29) is 6.42 Å². The van der Waals surface area contributed by atoms with Crippen molar-refractivity contribution in [3.63, 3.8) is 0 Å². The lowest BCUT2D eigenvalue weighted by atomic mass is 10.1. The fourth-order valence-corrected chi connectivity index (χ4v) is 0.475. The number of hydrogen-bond acceptors (Lipinski definition) is 4. The third kappa shape index (κ3) is 3.54. The highest BCUT2D eigenvalue weighted by Crippen LogP contribution is 1.93. The van der Waals surface area contributed by atoms with Gasteiger partial charge in [-0.15, -0.1) is 0 Å². The fraction of sp³-hybridized carbons (Fsp3) is 0.600. The van der Waals surface area contributed by atoms with E-state index in [0.717, 1.165) is 0 Å². The van der Waals surface area contributed by atoms with Crippen LogP contribution in [0, 0.1) is 0 Å². The van der Waals surface area contributed by atoms with Crippen molar-refractivity contribution in [1.82, 2.24) is 0 Å². The van der Waals surface area contributed by atoms with Gasteiger partial charge in [-0.3, -0.25) is 9.59 Å². The molecule has 0 fully saturated rings. The largest absolute Gasteiger partial charge is 0.480 e. The lowest BCUT2D eigenvalue weighted by Gasteiger charge is -2.08. The number of carboxylic acid groups (broad SMARTS) is 2. The first kappa shape index (κ1) is 9.86. The molecule has 0 radical (unpaired) electrons. The van der Waals surface area contributed by atoms with Crippen LogP contribution in [0.25, 0.3) is 0 Å². The zero-order valence-electron chi connectivity index (χ0n) is 5.73. The Morgan fingerprint density at radius 3 is 1.55 bits per heavy atom. The van der Waals surface area contributed by atoms with E-state index in [4.69, 9.17) is 21.7 Å². The number of aliphatic carboxylic acids is 2. The van der Waals surface area contributed by atoms with Crippen LogP contribution in [0.15, 0.2) is 0 Å². The lowest BCUT2D eigenvalue weighted by molar-refractivity contribution is -0.140. The van der Waals surface area contributed by atoms with Crippen LogP contribution in [0.1, 0.15) is 6.42 Å². The molecule has 0 aromatic rings. The van der Waals surface area contributed by atoms with Crippen molar-refractivity contribution in [2.45, 2.75) is 18.5 Å². The standard InChI is InChI=1S/C5H10N2O4/c6-2(4(8)9)1-3(7)5(10)11/h2-3H,1,6-7H2,(H,8,9)(H,10,11)/t2-,3-/m0/s1. The first-order chi connectivity index (χ1) is 4.95. The van der Waals surface area contributed by atoms with Crippen LogP contribution in [0.2, 0.25) is 0 Å². The van der Waals surface area contributed by atoms with Crippen molar-refractivity contribution in [1.29, 1.82) is 0 Å². The second-order valence-corrected chi connectivity index (χ2v) is 2.13. The zero-order chi connectivity index (χ0) is 9.02. The maximum Gasteiger partial charge on any atom is 0.320 e. The van der Waals surface area contributed by atoms with Crippen LogP contribution in [0.3, 0.4) is 0 Å². The first-order valence-electron chi connectivity index (χ1n) is 2.92. The highest BCUT2D eigenvalue weighted by atomic mass is 16.4. The van der Waals surface area contributed by atoms with Gasteiger partial charge in [0.15, 0.2) is 0 Å². The molecule has 0 unspecified atom stereocenters. The molecular formula is C5H10N2O4. The first-order valence-corrected chi connectivity index (χ1v) is 2.92. The molecule has 2 atom stereocenters. The number of hydrogen-bond donors (Lipinski definition) is 4. The topological polar surface area (TPSA) is 127 Å². The Hall–Kier alpha value is -1.14. The number of rotatable bonds is 4. The van der Waals surface area contributed by atoms with Gasteiger partial charge in [0.05, 0.1) is 0 Å². The van der Waals surface area contributed by atoms with Gasteiger partial charge in [0, 0.05) is 0 Å².